The summed E-state index contributed by atoms with van der Waals surface area (Å²) in [6.07, 6.45) is 8.62. The Labute approximate surface area is 56.7 Å². The summed E-state index contributed by atoms with van der Waals surface area (Å²) in [4.78, 5) is 2.32. The molecule has 1 nitrogen and oxygen atoms in total. The SMILES string of the molecule is C=C/C=C\N1CCCC1. The maximum atomic E-state index is 3.61. The Morgan fingerprint density at radius 3 is 2.44 bits per heavy atom. The monoisotopic (exact) mass is 123 g/mol. The minimum Gasteiger partial charge on any atom is -0.377 e. The summed E-state index contributed by atoms with van der Waals surface area (Å²) in [6.45, 7) is 6.06. The molecule has 0 unspecified atom stereocenters. The van der Waals surface area contributed by atoms with E-state index < -0.39 is 0 Å². The molecule has 1 saturated heterocycles. The maximum Gasteiger partial charge on any atom is 0.0173 e. The zero-order valence-corrected chi connectivity index (χ0v) is 5.71. The third kappa shape index (κ3) is 1.92. The van der Waals surface area contributed by atoms with Crippen molar-refractivity contribution in [2.24, 2.45) is 0 Å². The Hall–Kier alpha value is -0.720. The van der Waals surface area contributed by atoms with Crippen molar-refractivity contribution in [1.82, 2.24) is 4.90 Å². The molecule has 9 heavy (non-hydrogen) atoms. The second-order valence-corrected chi connectivity index (χ2v) is 2.32. The molecule has 0 atom stereocenters. The molecule has 0 N–H and O–H groups in total. The largest absolute Gasteiger partial charge is 0.377 e. The number of allylic oxidation sites excluding steroid dienone is 2. The molecule has 0 aromatic rings. The number of rotatable bonds is 2. The first-order valence-corrected chi connectivity index (χ1v) is 3.47. The topological polar surface area (TPSA) is 3.24 Å². The van der Waals surface area contributed by atoms with Crippen molar-refractivity contribution in [1.29, 1.82) is 0 Å². The lowest BCUT2D eigenvalue weighted by Crippen LogP contribution is -2.09. The maximum absolute atomic E-state index is 3.61. The highest BCUT2D eigenvalue weighted by Crippen LogP contribution is 2.06. The van der Waals surface area contributed by atoms with Crippen LogP contribution in [0.5, 0.6) is 0 Å². The van der Waals surface area contributed by atoms with Gasteiger partial charge in [0, 0.05) is 13.1 Å². The smallest absolute Gasteiger partial charge is 0.0173 e. The fourth-order valence-electron chi connectivity index (χ4n) is 1.07. The summed E-state index contributed by atoms with van der Waals surface area (Å²) in [5.74, 6) is 0. The second kappa shape index (κ2) is 3.33. The molecule has 1 rings (SSSR count). The van der Waals surface area contributed by atoms with Crippen LogP contribution >= 0.6 is 0 Å². The van der Waals surface area contributed by atoms with E-state index in [1.807, 2.05) is 12.2 Å². The van der Waals surface area contributed by atoms with Gasteiger partial charge in [0.2, 0.25) is 0 Å². The fourth-order valence-corrected chi connectivity index (χ4v) is 1.07. The Morgan fingerprint density at radius 1 is 1.22 bits per heavy atom. The Kier molecular flexibility index (Phi) is 2.37. The zero-order chi connectivity index (χ0) is 6.53. The average molecular weight is 123 g/mol. The van der Waals surface area contributed by atoms with Crippen molar-refractivity contribution in [3.05, 3.63) is 24.9 Å². The molecule has 50 valence electrons. The quantitative estimate of drug-likeness (QED) is 0.506. The van der Waals surface area contributed by atoms with Gasteiger partial charge in [0.25, 0.3) is 0 Å². The van der Waals surface area contributed by atoms with Crippen molar-refractivity contribution in [2.75, 3.05) is 13.1 Å². The highest BCUT2D eigenvalue weighted by molar-refractivity contribution is 4.97. The predicted molar refractivity (Wildman–Crippen MR) is 40.1 cm³/mol. The van der Waals surface area contributed by atoms with Crippen LogP contribution in [-0.2, 0) is 0 Å². The van der Waals surface area contributed by atoms with Gasteiger partial charge >= 0.3 is 0 Å². The van der Waals surface area contributed by atoms with E-state index in [1.54, 1.807) is 0 Å². The van der Waals surface area contributed by atoms with Gasteiger partial charge in [-0.3, -0.25) is 0 Å². The molecule has 0 spiro atoms. The first kappa shape index (κ1) is 6.40. The van der Waals surface area contributed by atoms with Crippen LogP contribution < -0.4 is 0 Å². The molecule has 0 aromatic carbocycles. The van der Waals surface area contributed by atoms with Gasteiger partial charge in [-0.15, -0.1) is 0 Å². The number of hydrogen-bond acceptors (Lipinski definition) is 1. The van der Waals surface area contributed by atoms with Crippen molar-refractivity contribution in [3.63, 3.8) is 0 Å². The van der Waals surface area contributed by atoms with Crippen LogP contribution in [0, 0.1) is 0 Å². The molecule has 1 heteroatoms. The van der Waals surface area contributed by atoms with E-state index in [0.717, 1.165) is 0 Å². The van der Waals surface area contributed by atoms with Gasteiger partial charge in [-0.2, -0.15) is 0 Å². The average Bonchev–Trinajstić information content (AvgIpc) is 2.34. The van der Waals surface area contributed by atoms with E-state index >= 15 is 0 Å². The standard InChI is InChI=1S/C8H13N/c1-2-3-6-9-7-4-5-8-9/h2-3,6H,1,4-5,7-8H2/b6-3-. The molecule has 0 aromatic heterocycles. The summed E-state index contributed by atoms with van der Waals surface area (Å²) in [5, 5.41) is 0. The highest BCUT2D eigenvalue weighted by Gasteiger charge is 2.04. The predicted octanol–water partition coefficient (Wildman–Crippen LogP) is 1.78. The highest BCUT2D eigenvalue weighted by atomic mass is 15.1. The van der Waals surface area contributed by atoms with Gasteiger partial charge < -0.3 is 4.90 Å². The van der Waals surface area contributed by atoms with Crippen LogP contribution in [-0.4, -0.2) is 18.0 Å². The molecule has 0 bridgehead atoms. The first-order valence-electron chi connectivity index (χ1n) is 3.47. The molecular formula is C8H13N. The summed E-state index contributed by atoms with van der Waals surface area (Å²) in [6, 6.07) is 0. The lowest BCUT2D eigenvalue weighted by Gasteiger charge is -2.08. The summed E-state index contributed by atoms with van der Waals surface area (Å²) >= 11 is 0. The van der Waals surface area contributed by atoms with Crippen molar-refractivity contribution < 1.29 is 0 Å². The lowest BCUT2D eigenvalue weighted by atomic mass is 10.4. The molecule has 0 radical (unpaired) electrons. The molecular weight excluding hydrogens is 110 g/mol. The number of nitrogens with zero attached hydrogens (tertiary/aromatic N) is 1. The van der Waals surface area contributed by atoms with Gasteiger partial charge in [0.1, 0.15) is 0 Å². The van der Waals surface area contributed by atoms with E-state index in [1.165, 1.54) is 25.9 Å². The van der Waals surface area contributed by atoms with Gasteiger partial charge in [-0.05, 0) is 25.1 Å². The zero-order valence-electron chi connectivity index (χ0n) is 5.71. The molecule has 0 saturated carbocycles. The number of hydrogen-bond donors (Lipinski definition) is 0. The van der Waals surface area contributed by atoms with Crippen LogP contribution in [0.3, 0.4) is 0 Å². The molecule has 0 amide bonds. The summed E-state index contributed by atoms with van der Waals surface area (Å²) in [5.41, 5.74) is 0. The Morgan fingerprint density at radius 2 is 1.89 bits per heavy atom. The third-order valence-corrected chi connectivity index (χ3v) is 1.57. The van der Waals surface area contributed by atoms with Crippen LogP contribution in [0.4, 0.5) is 0 Å². The minimum atomic E-state index is 1.23. The fraction of sp³-hybridized carbons (Fsp3) is 0.500. The van der Waals surface area contributed by atoms with E-state index in [2.05, 4.69) is 17.7 Å². The minimum absolute atomic E-state index is 1.23. The van der Waals surface area contributed by atoms with E-state index in [4.69, 9.17) is 0 Å². The molecule has 1 fully saturated rings. The lowest BCUT2D eigenvalue weighted by molar-refractivity contribution is 0.468. The van der Waals surface area contributed by atoms with Crippen LogP contribution in [0.15, 0.2) is 24.9 Å². The summed E-state index contributed by atoms with van der Waals surface area (Å²) in [7, 11) is 0. The van der Waals surface area contributed by atoms with Crippen LogP contribution in [0.25, 0.3) is 0 Å². The Bertz CT molecular complexity index is 110. The van der Waals surface area contributed by atoms with E-state index in [-0.39, 0.29) is 0 Å². The molecule has 1 aliphatic heterocycles. The summed E-state index contributed by atoms with van der Waals surface area (Å²) < 4.78 is 0. The second-order valence-electron chi connectivity index (χ2n) is 2.32. The molecule has 1 aliphatic rings. The van der Waals surface area contributed by atoms with Crippen molar-refractivity contribution in [2.45, 2.75) is 12.8 Å². The van der Waals surface area contributed by atoms with Crippen molar-refractivity contribution >= 4 is 0 Å². The van der Waals surface area contributed by atoms with Gasteiger partial charge in [-0.1, -0.05) is 12.7 Å². The first-order chi connectivity index (χ1) is 4.43. The van der Waals surface area contributed by atoms with Crippen molar-refractivity contribution in [3.8, 4) is 0 Å². The van der Waals surface area contributed by atoms with Crippen LogP contribution in [0.2, 0.25) is 0 Å². The van der Waals surface area contributed by atoms with E-state index in [0.29, 0.717) is 0 Å². The Balaban J connectivity index is 2.25. The third-order valence-electron chi connectivity index (χ3n) is 1.57. The molecule has 0 aliphatic carbocycles. The van der Waals surface area contributed by atoms with Gasteiger partial charge in [0.05, 0.1) is 0 Å². The van der Waals surface area contributed by atoms with Gasteiger partial charge in [-0.25, -0.2) is 0 Å². The normalized spacial score (nSPS) is 19.3. The molecule has 1 heterocycles. The number of likely N-dealkylation sites (tertiary alicyclic amines) is 1. The van der Waals surface area contributed by atoms with E-state index in [9.17, 15) is 0 Å². The van der Waals surface area contributed by atoms with Crippen LogP contribution in [0.1, 0.15) is 12.8 Å². The van der Waals surface area contributed by atoms with Gasteiger partial charge in [0.15, 0.2) is 0 Å².